The summed E-state index contributed by atoms with van der Waals surface area (Å²) < 4.78 is 5.35. The average molecular weight is 417 g/mol. The molecular weight excluding hydrogens is 398 g/mol. The van der Waals surface area contributed by atoms with Crippen LogP contribution in [0.25, 0.3) is 0 Å². The molecule has 2 aromatic rings. The van der Waals surface area contributed by atoms with Gasteiger partial charge >= 0.3 is 5.97 Å². The number of rotatable bonds is 8. The van der Waals surface area contributed by atoms with Crippen LogP contribution in [0.2, 0.25) is 0 Å². The summed E-state index contributed by atoms with van der Waals surface area (Å²) >= 11 is 0.868. The summed E-state index contributed by atoms with van der Waals surface area (Å²) in [6.45, 7) is 0. The van der Waals surface area contributed by atoms with Gasteiger partial charge in [0.2, 0.25) is 12.0 Å². The molecule has 0 fully saturated rings. The molecule has 0 unspecified atom stereocenters. The molecule has 0 saturated carbocycles. The lowest BCUT2D eigenvalue weighted by atomic mass is 10.1. The summed E-state index contributed by atoms with van der Waals surface area (Å²) in [6, 6.07) is 12.3. The molecule has 0 aliphatic carbocycles. The zero-order chi connectivity index (χ0) is 21.6. The number of nitro groups is 1. The van der Waals surface area contributed by atoms with Gasteiger partial charge in [-0.25, -0.2) is 0 Å². The average Bonchev–Trinajstić information content (AvgIpc) is 2.70. The molecule has 1 atom stereocenters. The van der Waals surface area contributed by atoms with Gasteiger partial charge in [-0.2, -0.15) is 0 Å². The Morgan fingerprint density at radius 1 is 1.17 bits per heavy atom. The van der Waals surface area contributed by atoms with E-state index in [0.29, 0.717) is 5.56 Å². The third-order valence-electron chi connectivity index (χ3n) is 3.80. The highest BCUT2D eigenvalue weighted by atomic mass is 32.2. The van der Waals surface area contributed by atoms with E-state index in [0.717, 1.165) is 17.8 Å². The first kappa shape index (κ1) is 21.9. The van der Waals surface area contributed by atoms with Gasteiger partial charge in [0.05, 0.1) is 15.6 Å². The third-order valence-corrected chi connectivity index (χ3v) is 4.84. The first-order valence-corrected chi connectivity index (χ1v) is 9.36. The number of hydrogen-bond acceptors (Lipinski definition) is 7. The maximum Gasteiger partial charge on any atom is 0.317 e. The number of nitrogens with two attached hydrogens (primary N) is 1. The maximum atomic E-state index is 12.4. The minimum Gasteiger partial charge on any atom is -0.447 e. The third kappa shape index (κ3) is 5.79. The summed E-state index contributed by atoms with van der Waals surface area (Å²) in [6.07, 6.45) is -1.12. The molecule has 0 aliphatic heterocycles. The predicted octanol–water partition coefficient (Wildman–Crippen LogP) is 2.16. The van der Waals surface area contributed by atoms with Gasteiger partial charge in [0.1, 0.15) is 0 Å². The number of benzene rings is 2. The van der Waals surface area contributed by atoms with E-state index in [2.05, 4.69) is 0 Å². The summed E-state index contributed by atoms with van der Waals surface area (Å²) in [4.78, 5) is 48.0. The number of likely N-dealkylation sites (N-methyl/N-ethyl adjacent to an activating group) is 1. The van der Waals surface area contributed by atoms with Gasteiger partial charge in [0, 0.05) is 31.3 Å². The van der Waals surface area contributed by atoms with Crippen molar-refractivity contribution in [3.05, 3.63) is 69.8 Å². The van der Waals surface area contributed by atoms with Crippen LogP contribution in [0.3, 0.4) is 0 Å². The highest BCUT2D eigenvalue weighted by Crippen LogP contribution is 2.30. The van der Waals surface area contributed by atoms with Crippen LogP contribution in [0.4, 0.5) is 5.69 Å². The van der Waals surface area contributed by atoms with Gasteiger partial charge in [-0.3, -0.25) is 24.5 Å². The number of amides is 2. The second-order valence-corrected chi connectivity index (χ2v) is 7.12. The van der Waals surface area contributed by atoms with E-state index in [9.17, 15) is 24.5 Å². The van der Waals surface area contributed by atoms with Crippen molar-refractivity contribution in [3.8, 4) is 0 Å². The summed E-state index contributed by atoms with van der Waals surface area (Å²) in [5, 5.41) is 11.2. The SMILES string of the molecule is CN(C)C(=O)[C@H](OC(=O)CSc1ccc(C(N)=O)cc1[N+](=O)[O-])c1ccccc1. The van der Waals surface area contributed by atoms with Crippen LogP contribution < -0.4 is 5.73 Å². The zero-order valence-electron chi connectivity index (χ0n) is 15.7. The number of carbonyl (C=O) groups is 3. The molecule has 0 aliphatic rings. The largest absolute Gasteiger partial charge is 0.447 e. The second kappa shape index (κ2) is 9.69. The Bertz CT molecular complexity index is 933. The molecule has 0 bridgehead atoms. The first-order chi connectivity index (χ1) is 13.7. The molecular formula is C19H19N3O6S. The van der Waals surface area contributed by atoms with E-state index in [1.807, 2.05) is 0 Å². The minimum atomic E-state index is -1.12. The predicted molar refractivity (Wildman–Crippen MR) is 106 cm³/mol. The Morgan fingerprint density at radius 3 is 2.38 bits per heavy atom. The van der Waals surface area contributed by atoms with Crippen molar-refractivity contribution in [2.45, 2.75) is 11.0 Å². The summed E-state index contributed by atoms with van der Waals surface area (Å²) in [7, 11) is 3.09. The van der Waals surface area contributed by atoms with E-state index < -0.39 is 28.8 Å². The van der Waals surface area contributed by atoms with Crippen molar-refractivity contribution in [1.82, 2.24) is 4.90 Å². The van der Waals surface area contributed by atoms with E-state index in [-0.39, 0.29) is 21.9 Å². The number of esters is 1. The van der Waals surface area contributed by atoms with Crippen LogP contribution in [0.15, 0.2) is 53.4 Å². The van der Waals surface area contributed by atoms with Crippen LogP contribution in [-0.4, -0.2) is 47.5 Å². The molecule has 0 radical (unpaired) electrons. The van der Waals surface area contributed by atoms with Crippen molar-refractivity contribution in [2.75, 3.05) is 19.8 Å². The molecule has 9 nitrogen and oxygen atoms in total. The molecule has 10 heteroatoms. The van der Waals surface area contributed by atoms with Gasteiger partial charge in [0.15, 0.2) is 0 Å². The van der Waals surface area contributed by atoms with Crippen molar-refractivity contribution in [2.24, 2.45) is 5.73 Å². The number of carbonyl (C=O) groups excluding carboxylic acids is 3. The molecule has 2 aromatic carbocycles. The van der Waals surface area contributed by atoms with Crippen LogP contribution >= 0.6 is 11.8 Å². The lowest BCUT2D eigenvalue weighted by Gasteiger charge is -2.21. The second-order valence-electron chi connectivity index (χ2n) is 6.11. The van der Waals surface area contributed by atoms with E-state index in [4.69, 9.17) is 10.5 Å². The summed E-state index contributed by atoms with van der Waals surface area (Å²) in [5.74, 6) is -2.18. The van der Waals surface area contributed by atoms with Gasteiger partial charge in [-0.1, -0.05) is 30.3 Å². The fraction of sp³-hybridized carbons (Fsp3) is 0.211. The topological polar surface area (TPSA) is 133 Å². The monoisotopic (exact) mass is 417 g/mol. The number of thioether (sulfide) groups is 1. The zero-order valence-corrected chi connectivity index (χ0v) is 16.5. The number of hydrogen-bond donors (Lipinski definition) is 1. The van der Waals surface area contributed by atoms with E-state index >= 15 is 0 Å². The van der Waals surface area contributed by atoms with Crippen molar-refractivity contribution in [1.29, 1.82) is 0 Å². The van der Waals surface area contributed by atoms with Gasteiger partial charge in [-0.15, -0.1) is 11.8 Å². The molecule has 2 amide bonds. The standard InChI is InChI=1S/C19H19N3O6S/c1-21(2)19(25)17(12-6-4-3-5-7-12)28-16(23)11-29-15-9-8-13(18(20)24)10-14(15)22(26)27/h3-10,17H,11H2,1-2H3,(H2,20,24)/t17-/m1/s1. The van der Waals surface area contributed by atoms with Gasteiger partial charge in [0.25, 0.3) is 11.6 Å². The minimum absolute atomic E-state index is 0.00986. The van der Waals surface area contributed by atoms with Crippen LogP contribution in [-0.2, 0) is 14.3 Å². The van der Waals surface area contributed by atoms with Crippen LogP contribution in [0.5, 0.6) is 0 Å². The van der Waals surface area contributed by atoms with Crippen molar-refractivity contribution < 1.29 is 24.0 Å². The highest BCUT2D eigenvalue weighted by Gasteiger charge is 2.27. The Kier molecular flexibility index (Phi) is 7.32. The van der Waals surface area contributed by atoms with Crippen LogP contribution in [0.1, 0.15) is 22.0 Å². The van der Waals surface area contributed by atoms with Crippen LogP contribution in [0, 0.1) is 10.1 Å². The molecule has 29 heavy (non-hydrogen) atoms. The summed E-state index contributed by atoms with van der Waals surface area (Å²) in [5.41, 5.74) is 5.30. The molecule has 0 heterocycles. The lowest BCUT2D eigenvalue weighted by molar-refractivity contribution is -0.387. The lowest BCUT2D eigenvalue weighted by Crippen LogP contribution is -2.31. The smallest absolute Gasteiger partial charge is 0.317 e. The number of nitro benzene ring substituents is 1. The van der Waals surface area contributed by atoms with Crippen molar-refractivity contribution in [3.63, 3.8) is 0 Å². The number of ether oxygens (including phenoxy) is 1. The molecule has 2 N–H and O–H groups in total. The maximum absolute atomic E-state index is 12.4. The molecule has 0 aromatic heterocycles. The number of nitrogens with zero attached hydrogens (tertiary/aromatic N) is 2. The fourth-order valence-corrected chi connectivity index (χ4v) is 3.15. The Labute approximate surface area is 171 Å². The van der Waals surface area contributed by atoms with E-state index in [1.165, 1.54) is 17.0 Å². The van der Waals surface area contributed by atoms with Gasteiger partial charge in [-0.05, 0) is 12.1 Å². The Morgan fingerprint density at radius 2 is 1.83 bits per heavy atom. The van der Waals surface area contributed by atoms with Crippen molar-refractivity contribution >= 4 is 35.2 Å². The normalized spacial score (nSPS) is 11.4. The quantitative estimate of drug-likeness (QED) is 0.301. The highest BCUT2D eigenvalue weighted by molar-refractivity contribution is 8.00. The Balaban J connectivity index is 2.14. The van der Waals surface area contributed by atoms with E-state index in [1.54, 1.807) is 44.4 Å². The fourth-order valence-electron chi connectivity index (χ4n) is 2.36. The molecule has 0 spiro atoms. The number of primary amides is 1. The molecule has 2 rings (SSSR count). The molecule has 152 valence electrons. The Hall–Kier alpha value is -3.40. The first-order valence-electron chi connectivity index (χ1n) is 8.37. The molecule has 0 saturated heterocycles. The van der Waals surface area contributed by atoms with Gasteiger partial charge < -0.3 is 15.4 Å².